The van der Waals surface area contributed by atoms with Crippen LogP contribution in [0.5, 0.6) is 0 Å². The summed E-state index contributed by atoms with van der Waals surface area (Å²) in [6.07, 6.45) is 4.05. The van der Waals surface area contributed by atoms with Crippen LogP contribution in [0.25, 0.3) is 0 Å². The van der Waals surface area contributed by atoms with Gasteiger partial charge < -0.3 is 10.4 Å². The summed E-state index contributed by atoms with van der Waals surface area (Å²) in [5.74, 6) is 0. The van der Waals surface area contributed by atoms with Crippen molar-refractivity contribution in [2.45, 2.75) is 38.8 Å². The third kappa shape index (κ3) is 3.28. The van der Waals surface area contributed by atoms with Gasteiger partial charge in [0.25, 0.3) is 0 Å². The van der Waals surface area contributed by atoms with Gasteiger partial charge in [-0.15, -0.1) is 0 Å². The molecule has 0 saturated carbocycles. The second kappa shape index (κ2) is 5.23. The van der Waals surface area contributed by atoms with Crippen molar-refractivity contribution in [1.82, 2.24) is 20.1 Å². The molecule has 2 atom stereocenters. The number of hydrogen-bond donors (Lipinski definition) is 2. The lowest BCUT2D eigenvalue weighted by Crippen LogP contribution is -2.47. The number of likely N-dealkylation sites (N-methyl/N-ethyl adjacent to an activating group) is 1. The fourth-order valence-electron chi connectivity index (χ4n) is 1.81. The van der Waals surface area contributed by atoms with Crippen molar-refractivity contribution in [3.63, 3.8) is 0 Å². The van der Waals surface area contributed by atoms with Crippen LogP contribution < -0.4 is 5.32 Å². The van der Waals surface area contributed by atoms with Crippen LogP contribution in [0.1, 0.15) is 33.2 Å². The minimum absolute atomic E-state index is 0.125. The van der Waals surface area contributed by atoms with E-state index in [1.165, 1.54) is 6.33 Å². The summed E-state index contributed by atoms with van der Waals surface area (Å²) < 4.78 is 1.81. The molecule has 5 nitrogen and oxygen atoms in total. The van der Waals surface area contributed by atoms with E-state index in [2.05, 4.69) is 22.3 Å². The van der Waals surface area contributed by atoms with Gasteiger partial charge in [-0.05, 0) is 26.8 Å². The maximum Gasteiger partial charge on any atom is 0.137 e. The van der Waals surface area contributed by atoms with Gasteiger partial charge in [-0.2, -0.15) is 5.10 Å². The molecule has 0 bridgehead atoms. The minimum Gasteiger partial charge on any atom is -0.394 e. The first-order valence-corrected chi connectivity index (χ1v) is 5.31. The van der Waals surface area contributed by atoms with Crippen LogP contribution in [0.4, 0.5) is 0 Å². The van der Waals surface area contributed by atoms with E-state index in [1.54, 1.807) is 6.33 Å². The molecule has 2 N–H and O–H groups in total. The zero-order valence-corrected chi connectivity index (χ0v) is 9.64. The monoisotopic (exact) mass is 212 g/mol. The van der Waals surface area contributed by atoms with Gasteiger partial charge in [-0.3, -0.25) is 4.68 Å². The molecule has 1 heterocycles. The molecule has 0 aliphatic heterocycles. The maximum atomic E-state index is 9.36. The zero-order chi connectivity index (χ0) is 11.3. The molecule has 0 fully saturated rings. The number of nitrogens with zero attached hydrogens (tertiary/aromatic N) is 3. The molecule has 0 spiro atoms. The topological polar surface area (TPSA) is 63.0 Å². The largest absolute Gasteiger partial charge is 0.394 e. The molecule has 0 saturated heterocycles. The lowest BCUT2D eigenvalue weighted by atomic mass is 9.94. The highest BCUT2D eigenvalue weighted by atomic mass is 16.3. The van der Waals surface area contributed by atoms with E-state index >= 15 is 0 Å². The molecule has 5 heteroatoms. The summed E-state index contributed by atoms with van der Waals surface area (Å²) in [6, 6.07) is 0.226. The molecule has 0 aliphatic carbocycles. The molecule has 15 heavy (non-hydrogen) atoms. The Labute approximate surface area is 90.5 Å². The van der Waals surface area contributed by atoms with Crippen molar-refractivity contribution in [1.29, 1.82) is 0 Å². The average Bonchev–Trinajstić information content (AvgIpc) is 2.71. The van der Waals surface area contributed by atoms with Crippen molar-refractivity contribution in [3.8, 4) is 0 Å². The predicted octanol–water partition coefficient (Wildman–Crippen LogP) is 0.590. The molecular formula is C10H20N4O. The Balaban J connectivity index is 2.59. The Bertz CT molecular complexity index is 275. The first-order chi connectivity index (χ1) is 7.11. The van der Waals surface area contributed by atoms with Gasteiger partial charge in [-0.1, -0.05) is 6.92 Å². The minimum atomic E-state index is -0.250. The van der Waals surface area contributed by atoms with Gasteiger partial charge in [0.2, 0.25) is 0 Å². The molecule has 0 radical (unpaired) electrons. The van der Waals surface area contributed by atoms with E-state index in [4.69, 9.17) is 0 Å². The Morgan fingerprint density at radius 3 is 2.80 bits per heavy atom. The van der Waals surface area contributed by atoms with E-state index in [-0.39, 0.29) is 18.2 Å². The van der Waals surface area contributed by atoms with Gasteiger partial charge >= 0.3 is 0 Å². The fourth-order valence-corrected chi connectivity index (χ4v) is 1.81. The van der Waals surface area contributed by atoms with Crippen LogP contribution >= 0.6 is 0 Å². The summed E-state index contributed by atoms with van der Waals surface area (Å²) in [6.45, 7) is 7.10. The number of aromatic nitrogens is 3. The van der Waals surface area contributed by atoms with E-state index in [9.17, 15) is 5.11 Å². The highest BCUT2D eigenvalue weighted by Crippen LogP contribution is 2.19. The van der Waals surface area contributed by atoms with E-state index in [0.717, 1.165) is 13.0 Å². The van der Waals surface area contributed by atoms with Crippen molar-refractivity contribution in [2.75, 3.05) is 13.2 Å². The highest BCUT2D eigenvalue weighted by Gasteiger charge is 2.25. The lowest BCUT2D eigenvalue weighted by molar-refractivity contribution is 0.150. The number of nitrogens with one attached hydrogen (secondary N) is 1. The number of rotatable bonds is 6. The smallest absolute Gasteiger partial charge is 0.137 e. The normalized spacial score (nSPS) is 17.3. The Morgan fingerprint density at radius 1 is 1.60 bits per heavy atom. The van der Waals surface area contributed by atoms with Crippen molar-refractivity contribution < 1.29 is 5.11 Å². The average molecular weight is 212 g/mol. The molecule has 1 rings (SSSR count). The molecular weight excluding hydrogens is 192 g/mol. The second-order valence-electron chi connectivity index (χ2n) is 4.18. The van der Waals surface area contributed by atoms with Gasteiger partial charge in [0.1, 0.15) is 12.7 Å². The van der Waals surface area contributed by atoms with Crippen LogP contribution in [0, 0.1) is 0 Å². The summed E-state index contributed by atoms with van der Waals surface area (Å²) >= 11 is 0. The quantitative estimate of drug-likeness (QED) is 0.724. The first kappa shape index (κ1) is 12.1. The van der Waals surface area contributed by atoms with Crippen LogP contribution in [0.3, 0.4) is 0 Å². The van der Waals surface area contributed by atoms with Crippen molar-refractivity contribution in [3.05, 3.63) is 12.7 Å². The molecule has 86 valence electrons. The van der Waals surface area contributed by atoms with Crippen molar-refractivity contribution >= 4 is 0 Å². The van der Waals surface area contributed by atoms with Crippen LogP contribution in [0.15, 0.2) is 12.7 Å². The molecule has 0 aliphatic rings. The van der Waals surface area contributed by atoms with Crippen LogP contribution in [-0.2, 0) is 0 Å². The number of hydrogen-bond acceptors (Lipinski definition) is 4. The van der Waals surface area contributed by atoms with Gasteiger partial charge in [0.05, 0.1) is 12.6 Å². The summed E-state index contributed by atoms with van der Waals surface area (Å²) in [5, 5.41) is 16.7. The second-order valence-corrected chi connectivity index (χ2v) is 4.18. The van der Waals surface area contributed by atoms with Gasteiger partial charge in [-0.25, -0.2) is 4.98 Å². The third-order valence-corrected chi connectivity index (χ3v) is 2.59. The summed E-state index contributed by atoms with van der Waals surface area (Å²) in [7, 11) is 0. The molecule has 1 aromatic heterocycles. The Kier molecular flexibility index (Phi) is 4.23. The van der Waals surface area contributed by atoms with Crippen molar-refractivity contribution in [2.24, 2.45) is 0 Å². The van der Waals surface area contributed by atoms with E-state index < -0.39 is 0 Å². The number of aliphatic hydroxyl groups is 1. The van der Waals surface area contributed by atoms with Gasteiger partial charge in [0, 0.05) is 5.54 Å². The summed E-state index contributed by atoms with van der Waals surface area (Å²) in [4.78, 5) is 3.91. The van der Waals surface area contributed by atoms with E-state index in [0.29, 0.717) is 0 Å². The number of aliphatic hydroxyl groups excluding tert-OH is 1. The van der Waals surface area contributed by atoms with Crippen LogP contribution in [0.2, 0.25) is 0 Å². The highest BCUT2D eigenvalue weighted by molar-refractivity contribution is 4.85. The standard InChI is InChI=1S/C10H20N4O/c1-4-12-10(3,6-15)5-9(2)14-8-11-7-13-14/h7-9,12,15H,4-6H2,1-3H3. The Hall–Kier alpha value is -0.940. The SMILES string of the molecule is CCNC(C)(CO)CC(C)n1cncn1. The lowest BCUT2D eigenvalue weighted by Gasteiger charge is -2.31. The fraction of sp³-hybridized carbons (Fsp3) is 0.800. The van der Waals surface area contributed by atoms with E-state index in [1.807, 2.05) is 18.5 Å². The molecule has 2 unspecified atom stereocenters. The molecule has 0 amide bonds. The Morgan fingerprint density at radius 2 is 2.33 bits per heavy atom. The molecule has 1 aromatic rings. The zero-order valence-electron chi connectivity index (χ0n) is 9.64. The maximum absolute atomic E-state index is 9.36. The third-order valence-electron chi connectivity index (χ3n) is 2.59. The van der Waals surface area contributed by atoms with Gasteiger partial charge in [0.15, 0.2) is 0 Å². The molecule has 0 aromatic carbocycles. The summed E-state index contributed by atoms with van der Waals surface area (Å²) in [5.41, 5.74) is -0.250. The predicted molar refractivity (Wildman–Crippen MR) is 58.5 cm³/mol. The van der Waals surface area contributed by atoms with Crippen LogP contribution in [-0.4, -0.2) is 38.6 Å². The first-order valence-electron chi connectivity index (χ1n) is 5.31.